The summed E-state index contributed by atoms with van der Waals surface area (Å²) in [5, 5.41) is 23.9. The average Bonchev–Trinajstić information content (AvgIpc) is 2.76. The van der Waals surface area contributed by atoms with Crippen LogP contribution in [0.1, 0.15) is 20.8 Å². The maximum atomic E-state index is 11.7. The van der Waals surface area contributed by atoms with Crippen LogP contribution in [-0.2, 0) is 4.79 Å². The molecule has 110 valence electrons. The van der Waals surface area contributed by atoms with Crippen LogP contribution in [0.4, 0.5) is 5.95 Å². The number of nitrogens with zero attached hydrogens (tertiary/aromatic N) is 5. The molecule has 0 spiro atoms. The number of nitro groups is 1. The van der Waals surface area contributed by atoms with E-state index in [4.69, 9.17) is 16.8 Å². The predicted molar refractivity (Wildman–Crippen MR) is 71.8 cm³/mol. The maximum absolute atomic E-state index is 11.7. The number of carbonyl (C=O) groups is 1. The number of rotatable bonds is 5. The molecular weight excluding hydrogens is 290 g/mol. The first-order valence-corrected chi connectivity index (χ1v) is 5.92. The Hall–Kier alpha value is -2.16. The summed E-state index contributed by atoms with van der Waals surface area (Å²) in [6, 6.07) is 0. The fourth-order valence-electron chi connectivity index (χ4n) is 1.43. The van der Waals surface area contributed by atoms with E-state index in [1.165, 1.54) is 19.3 Å². The van der Waals surface area contributed by atoms with Gasteiger partial charge in [0.1, 0.15) is 18.1 Å². The lowest BCUT2D eigenvalue weighted by atomic mass is 10.1. The summed E-state index contributed by atoms with van der Waals surface area (Å²) in [5.74, 6) is -1.02. The highest BCUT2D eigenvalue weighted by Gasteiger charge is 2.30. The molecule has 0 radical (unpaired) electrons. The van der Waals surface area contributed by atoms with E-state index in [0.29, 0.717) is 0 Å². The minimum Gasteiger partial charge on any atom is -0.411 e. The SMILES string of the molecule is CC(=O)N(CC(=NO)C(C)(C)Cl)n1ccnc1[N+](=O)[O-]. The van der Waals surface area contributed by atoms with Crippen molar-refractivity contribution in [3.63, 3.8) is 0 Å². The van der Waals surface area contributed by atoms with Gasteiger partial charge in [-0.3, -0.25) is 4.79 Å². The number of amides is 1. The van der Waals surface area contributed by atoms with Crippen molar-refractivity contribution in [1.29, 1.82) is 0 Å². The van der Waals surface area contributed by atoms with Gasteiger partial charge >= 0.3 is 5.95 Å². The Labute approximate surface area is 119 Å². The first kappa shape index (κ1) is 15.9. The highest BCUT2D eigenvalue weighted by atomic mass is 35.5. The molecule has 0 atom stereocenters. The van der Waals surface area contributed by atoms with Crippen molar-refractivity contribution in [2.75, 3.05) is 11.6 Å². The number of aromatic nitrogens is 2. The number of alkyl halides is 1. The van der Waals surface area contributed by atoms with Gasteiger partial charge in [-0.1, -0.05) is 10.1 Å². The van der Waals surface area contributed by atoms with Crippen LogP contribution in [0.15, 0.2) is 17.5 Å². The third-order valence-corrected chi connectivity index (χ3v) is 2.71. The Bertz CT molecular complexity index is 548. The molecule has 0 aliphatic carbocycles. The van der Waals surface area contributed by atoms with Gasteiger partial charge in [0, 0.05) is 6.92 Å². The predicted octanol–water partition coefficient (Wildman–Crippen LogP) is 1.12. The summed E-state index contributed by atoms with van der Waals surface area (Å²) < 4.78 is 0.968. The zero-order chi connectivity index (χ0) is 15.5. The summed E-state index contributed by atoms with van der Waals surface area (Å²) in [5.41, 5.74) is 0.0809. The van der Waals surface area contributed by atoms with Gasteiger partial charge in [0.25, 0.3) is 0 Å². The Morgan fingerprint density at radius 2 is 2.30 bits per heavy atom. The number of hydrogen-bond donors (Lipinski definition) is 1. The monoisotopic (exact) mass is 303 g/mol. The molecule has 0 saturated heterocycles. The molecule has 0 saturated carbocycles. The zero-order valence-corrected chi connectivity index (χ0v) is 11.9. The topological polar surface area (TPSA) is 114 Å². The Balaban J connectivity index is 3.17. The summed E-state index contributed by atoms with van der Waals surface area (Å²) in [6.45, 7) is 4.16. The fourth-order valence-corrected chi connectivity index (χ4v) is 1.53. The fraction of sp³-hybridized carbons (Fsp3) is 0.500. The molecule has 1 N–H and O–H groups in total. The first-order valence-electron chi connectivity index (χ1n) is 5.55. The van der Waals surface area contributed by atoms with E-state index in [9.17, 15) is 14.9 Å². The Morgan fingerprint density at radius 1 is 1.70 bits per heavy atom. The van der Waals surface area contributed by atoms with Crippen molar-refractivity contribution in [1.82, 2.24) is 9.66 Å². The Kier molecular flexibility index (Phi) is 4.66. The van der Waals surface area contributed by atoms with Crippen molar-refractivity contribution < 1.29 is 14.9 Å². The van der Waals surface area contributed by atoms with Crippen LogP contribution in [0.3, 0.4) is 0 Å². The molecule has 1 aromatic heterocycles. The van der Waals surface area contributed by atoms with Gasteiger partial charge in [0.2, 0.25) is 5.91 Å². The van der Waals surface area contributed by atoms with Crippen molar-refractivity contribution in [2.24, 2.45) is 5.16 Å². The minimum absolute atomic E-state index is 0.0809. The lowest BCUT2D eigenvalue weighted by Crippen LogP contribution is -2.46. The molecule has 0 fully saturated rings. The standard InChI is InChI=1S/C10H14ClN5O4/c1-7(17)15(6-8(13-18)10(2,3)11)14-5-4-12-9(14)16(19)20/h4-5,18H,6H2,1-3H3. The first-order chi connectivity index (χ1) is 9.18. The second-order valence-corrected chi connectivity index (χ2v) is 5.37. The van der Waals surface area contributed by atoms with E-state index in [1.807, 2.05) is 0 Å². The van der Waals surface area contributed by atoms with E-state index >= 15 is 0 Å². The molecule has 1 aromatic rings. The molecule has 0 aliphatic rings. The van der Waals surface area contributed by atoms with Crippen molar-refractivity contribution in [3.8, 4) is 0 Å². The smallest absolute Gasteiger partial charge is 0.411 e. The number of halogens is 1. The van der Waals surface area contributed by atoms with E-state index < -0.39 is 21.7 Å². The zero-order valence-electron chi connectivity index (χ0n) is 11.1. The lowest BCUT2D eigenvalue weighted by molar-refractivity contribution is -0.396. The normalized spacial score (nSPS) is 12.3. The van der Waals surface area contributed by atoms with Crippen LogP contribution < -0.4 is 5.01 Å². The molecule has 1 heterocycles. The molecule has 1 rings (SSSR count). The van der Waals surface area contributed by atoms with E-state index in [-0.39, 0.29) is 12.3 Å². The van der Waals surface area contributed by atoms with Crippen molar-refractivity contribution in [2.45, 2.75) is 25.6 Å². The van der Waals surface area contributed by atoms with Crippen LogP contribution in [0.25, 0.3) is 0 Å². The van der Waals surface area contributed by atoms with E-state index in [1.54, 1.807) is 13.8 Å². The molecule has 0 aliphatic heterocycles. The highest BCUT2D eigenvalue weighted by Crippen LogP contribution is 2.17. The molecular formula is C10H14ClN5O4. The van der Waals surface area contributed by atoms with Crippen LogP contribution in [-0.4, -0.2) is 42.8 Å². The molecule has 1 amide bonds. The third-order valence-electron chi connectivity index (χ3n) is 2.50. The number of hydrogen-bond acceptors (Lipinski definition) is 6. The largest absolute Gasteiger partial charge is 0.457 e. The number of oxime groups is 1. The molecule has 10 heteroatoms. The van der Waals surface area contributed by atoms with Crippen molar-refractivity contribution in [3.05, 3.63) is 22.5 Å². The average molecular weight is 304 g/mol. The van der Waals surface area contributed by atoms with Gasteiger partial charge in [-0.15, -0.1) is 16.3 Å². The van der Waals surface area contributed by atoms with Crippen molar-refractivity contribution >= 4 is 29.2 Å². The van der Waals surface area contributed by atoms with Gasteiger partial charge in [0.15, 0.2) is 0 Å². The summed E-state index contributed by atoms with van der Waals surface area (Å²) >= 11 is 6.02. The van der Waals surface area contributed by atoms with Gasteiger partial charge in [-0.2, -0.15) is 5.01 Å². The van der Waals surface area contributed by atoms with Gasteiger partial charge in [-0.05, 0) is 18.8 Å². The summed E-state index contributed by atoms with van der Waals surface area (Å²) in [7, 11) is 0. The van der Waals surface area contributed by atoms with Crippen LogP contribution in [0.5, 0.6) is 0 Å². The third kappa shape index (κ3) is 3.44. The molecule has 0 aromatic carbocycles. The Morgan fingerprint density at radius 3 is 2.70 bits per heavy atom. The minimum atomic E-state index is -1.02. The second-order valence-electron chi connectivity index (χ2n) is 4.42. The van der Waals surface area contributed by atoms with Crippen LogP contribution in [0.2, 0.25) is 0 Å². The summed E-state index contributed by atoms with van der Waals surface area (Å²) in [6.07, 6.45) is 2.45. The molecule has 0 bridgehead atoms. The number of carbonyl (C=O) groups excluding carboxylic acids is 1. The van der Waals surface area contributed by atoms with Gasteiger partial charge in [-0.25, -0.2) is 0 Å². The summed E-state index contributed by atoms with van der Waals surface area (Å²) in [4.78, 5) is 24.3. The molecule has 9 nitrogen and oxygen atoms in total. The quantitative estimate of drug-likeness (QED) is 0.288. The van der Waals surface area contributed by atoms with Gasteiger partial charge < -0.3 is 15.3 Å². The second kappa shape index (κ2) is 5.87. The van der Waals surface area contributed by atoms with Crippen LogP contribution >= 0.6 is 11.6 Å². The maximum Gasteiger partial charge on any atom is 0.457 e. The van der Waals surface area contributed by atoms with E-state index in [0.717, 1.165) is 9.69 Å². The number of imidazole rings is 1. The highest BCUT2D eigenvalue weighted by molar-refractivity contribution is 6.36. The lowest BCUT2D eigenvalue weighted by Gasteiger charge is -2.23. The van der Waals surface area contributed by atoms with Gasteiger partial charge in [0.05, 0.1) is 11.4 Å². The van der Waals surface area contributed by atoms with Crippen LogP contribution in [0, 0.1) is 10.1 Å². The van der Waals surface area contributed by atoms with E-state index in [2.05, 4.69) is 10.1 Å². The molecule has 0 unspecified atom stereocenters. The molecule has 20 heavy (non-hydrogen) atoms.